The van der Waals surface area contributed by atoms with Crippen molar-refractivity contribution in [2.24, 2.45) is 0 Å². The van der Waals surface area contributed by atoms with Crippen LogP contribution in [0.2, 0.25) is 0 Å². The molecule has 3 heterocycles. The number of rotatable bonds is 7. The van der Waals surface area contributed by atoms with Crippen LogP contribution in [0.3, 0.4) is 0 Å². The molecule has 1 aliphatic heterocycles. The fourth-order valence-electron chi connectivity index (χ4n) is 3.65. The third kappa shape index (κ3) is 5.72. The number of carbonyl (C=O) groups excluding carboxylic acids is 1. The molecule has 0 spiro atoms. The van der Waals surface area contributed by atoms with Crippen LogP contribution in [0.5, 0.6) is 11.5 Å². The Hall–Kier alpha value is -3.22. The van der Waals surface area contributed by atoms with Gasteiger partial charge in [-0.2, -0.15) is 4.67 Å². The lowest BCUT2D eigenvalue weighted by Crippen LogP contribution is -2.37. The van der Waals surface area contributed by atoms with Crippen LogP contribution in [0.25, 0.3) is 12.2 Å². The van der Waals surface area contributed by atoms with Crippen molar-refractivity contribution < 1.29 is 18.4 Å². The first kappa shape index (κ1) is 23.5. The summed E-state index contributed by atoms with van der Waals surface area (Å²) in [6.45, 7) is 0.269. The van der Waals surface area contributed by atoms with Gasteiger partial charge >= 0.3 is 7.75 Å². The highest BCUT2D eigenvalue weighted by Gasteiger charge is 2.42. The second kappa shape index (κ2) is 10.6. The van der Waals surface area contributed by atoms with Crippen molar-refractivity contribution in [3.05, 3.63) is 117 Å². The summed E-state index contributed by atoms with van der Waals surface area (Å²) in [5.74, 6) is 0.793. The second-order valence-corrected chi connectivity index (χ2v) is 11.6. The zero-order valence-corrected chi connectivity index (χ0v) is 21.2. The van der Waals surface area contributed by atoms with Gasteiger partial charge in [-0.15, -0.1) is 22.7 Å². The maximum absolute atomic E-state index is 14.4. The first-order valence-corrected chi connectivity index (χ1v) is 14.2. The van der Waals surface area contributed by atoms with Gasteiger partial charge < -0.3 is 9.05 Å². The topological polar surface area (TPSA) is 55.8 Å². The van der Waals surface area contributed by atoms with Crippen LogP contribution in [0.4, 0.5) is 0 Å². The highest BCUT2D eigenvalue weighted by molar-refractivity contribution is 7.52. The molecule has 5 nitrogen and oxygen atoms in total. The molecule has 2 aromatic heterocycles. The van der Waals surface area contributed by atoms with E-state index in [1.807, 2.05) is 83.6 Å². The van der Waals surface area contributed by atoms with E-state index >= 15 is 0 Å². The Morgan fingerprint density at radius 3 is 1.54 bits per heavy atom. The van der Waals surface area contributed by atoms with Gasteiger partial charge in [-0.05, 0) is 59.3 Å². The van der Waals surface area contributed by atoms with Gasteiger partial charge in [0, 0.05) is 34.0 Å². The van der Waals surface area contributed by atoms with Crippen molar-refractivity contribution in [1.29, 1.82) is 0 Å². The smallest absolute Gasteiger partial charge is 0.404 e. The number of benzene rings is 2. The Morgan fingerprint density at radius 2 is 1.14 bits per heavy atom. The lowest BCUT2D eigenvalue weighted by molar-refractivity contribution is -0.113. The summed E-state index contributed by atoms with van der Waals surface area (Å²) < 4.78 is 28.2. The third-order valence-corrected chi connectivity index (χ3v) is 8.78. The minimum absolute atomic E-state index is 0.0611. The molecule has 0 amide bonds. The summed E-state index contributed by atoms with van der Waals surface area (Å²) >= 11 is 3.09. The number of ketones is 1. The molecule has 1 saturated heterocycles. The minimum atomic E-state index is -3.91. The second-order valence-electron chi connectivity index (χ2n) is 7.80. The SMILES string of the molecule is O=C1/C(=C/c2cccs2)CN(P(=O)(Oc2ccccc2)Oc2ccccc2)C/C1=C\c1cccs1. The Morgan fingerprint density at radius 1 is 0.686 bits per heavy atom. The summed E-state index contributed by atoms with van der Waals surface area (Å²) in [4.78, 5) is 15.3. The van der Waals surface area contributed by atoms with Gasteiger partial charge in [0.15, 0.2) is 5.78 Å². The van der Waals surface area contributed by atoms with Crippen molar-refractivity contribution >= 4 is 48.4 Å². The van der Waals surface area contributed by atoms with Crippen molar-refractivity contribution in [1.82, 2.24) is 4.67 Å². The van der Waals surface area contributed by atoms with E-state index in [1.165, 1.54) is 0 Å². The lowest BCUT2D eigenvalue weighted by atomic mass is 9.98. The molecule has 0 atom stereocenters. The molecule has 0 radical (unpaired) electrons. The van der Waals surface area contributed by atoms with Crippen molar-refractivity contribution in [2.75, 3.05) is 13.1 Å². The van der Waals surface area contributed by atoms with E-state index < -0.39 is 7.75 Å². The van der Waals surface area contributed by atoms with Crippen molar-refractivity contribution in [3.8, 4) is 11.5 Å². The summed E-state index contributed by atoms with van der Waals surface area (Å²) in [6.07, 6.45) is 3.72. The van der Waals surface area contributed by atoms with Crippen LogP contribution in [-0.2, 0) is 9.36 Å². The monoisotopic (exact) mass is 519 g/mol. The fourth-order valence-corrected chi connectivity index (χ4v) is 6.71. The van der Waals surface area contributed by atoms with Gasteiger partial charge in [-0.3, -0.25) is 4.79 Å². The van der Waals surface area contributed by atoms with E-state index in [1.54, 1.807) is 51.6 Å². The quantitative estimate of drug-likeness (QED) is 0.188. The molecule has 0 aliphatic carbocycles. The number of Topliss-reactive ketones (excluding diaryl/α,β-unsaturated/α-hetero) is 1. The average molecular weight is 520 g/mol. The van der Waals surface area contributed by atoms with E-state index in [0.29, 0.717) is 22.6 Å². The van der Waals surface area contributed by atoms with Gasteiger partial charge in [0.2, 0.25) is 0 Å². The van der Waals surface area contributed by atoms with Gasteiger partial charge in [0.25, 0.3) is 0 Å². The molecule has 1 aliphatic rings. The first-order valence-electron chi connectivity index (χ1n) is 11.0. The molecule has 0 unspecified atom stereocenters. The molecule has 35 heavy (non-hydrogen) atoms. The number of carbonyl (C=O) groups is 1. The molecule has 176 valence electrons. The minimum Gasteiger partial charge on any atom is -0.404 e. The van der Waals surface area contributed by atoms with Crippen LogP contribution in [0.15, 0.2) is 107 Å². The molecular formula is C27H22NO4PS2. The van der Waals surface area contributed by atoms with Gasteiger partial charge in [-0.1, -0.05) is 48.5 Å². The highest BCUT2D eigenvalue weighted by Crippen LogP contribution is 2.53. The number of thiophene rings is 2. The number of hydrogen-bond donors (Lipinski definition) is 0. The van der Waals surface area contributed by atoms with Crippen molar-refractivity contribution in [2.45, 2.75) is 0 Å². The lowest BCUT2D eigenvalue weighted by Gasteiger charge is -2.34. The van der Waals surface area contributed by atoms with Gasteiger partial charge in [0.1, 0.15) is 11.5 Å². The summed E-state index contributed by atoms with van der Waals surface area (Å²) in [5, 5.41) is 3.92. The van der Waals surface area contributed by atoms with Gasteiger partial charge in [-0.25, -0.2) is 4.57 Å². The average Bonchev–Trinajstić information content (AvgIpc) is 3.57. The van der Waals surface area contributed by atoms with Crippen LogP contribution < -0.4 is 9.05 Å². The number of piperidine rings is 1. The van der Waals surface area contributed by atoms with Gasteiger partial charge in [0.05, 0.1) is 0 Å². The van der Waals surface area contributed by atoms with E-state index in [4.69, 9.17) is 9.05 Å². The summed E-state index contributed by atoms with van der Waals surface area (Å²) in [7, 11) is -3.91. The zero-order chi connectivity index (χ0) is 24.1. The van der Waals surface area contributed by atoms with Crippen LogP contribution in [0, 0.1) is 0 Å². The molecule has 0 bridgehead atoms. The maximum Gasteiger partial charge on any atom is 0.516 e. The highest BCUT2D eigenvalue weighted by atomic mass is 32.1. The number of hydrogen-bond acceptors (Lipinski definition) is 6. The van der Waals surface area contributed by atoms with E-state index in [0.717, 1.165) is 9.75 Å². The summed E-state index contributed by atoms with van der Waals surface area (Å²) in [6, 6.07) is 25.7. The first-order chi connectivity index (χ1) is 17.1. The van der Waals surface area contributed by atoms with E-state index in [-0.39, 0.29) is 18.9 Å². The van der Waals surface area contributed by atoms with Crippen LogP contribution in [0.1, 0.15) is 9.75 Å². The molecule has 0 saturated carbocycles. The Balaban J connectivity index is 1.56. The predicted molar refractivity (Wildman–Crippen MR) is 143 cm³/mol. The molecule has 0 N–H and O–H groups in total. The normalized spacial score (nSPS) is 17.1. The van der Waals surface area contributed by atoms with E-state index in [9.17, 15) is 9.36 Å². The van der Waals surface area contributed by atoms with Crippen LogP contribution in [-0.4, -0.2) is 23.5 Å². The molecule has 5 rings (SSSR count). The van der Waals surface area contributed by atoms with E-state index in [2.05, 4.69) is 0 Å². The molecule has 4 aromatic rings. The molecule has 2 aromatic carbocycles. The van der Waals surface area contributed by atoms with Crippen molar-refractivity contribution in [3.63, 3.8) is 0 Å². The predicted octanol–water partition coefficient (Wildman–Crippen LogP) is 7.43. The standard InChI is InChI=1S/C27H22NO4PS2/c29-27-21(17-25-13-7-15-34-25)19-28(20-22(27)18-26-14-8-16-35-26)33(30,31-23-9-3-1-4-10-23)32-24-11-5-2-6-12-24/h1-18H,19-20H2/b21-17+,22-18+. The number of nitrogens with zero attached hydrogens (tertiary/aromatic N) is 1. The van der Waals surface area contributed by atoms with Crippen LogP contribution >= 0.6 is 30.4 Å². The fraction of sp³-hybridized carbons (Fsp3) is 0.0741. The summed E-state index contributed by atoms with van der Waals surface area (Å²) in [5.41, 5.74) is 1.07. The maximum atomic E-state index is 14.4. The molecular weight excluding hydrogens is 497 g/mol. The molecule has 8 heteroatoms. The molecule has 1 fully saturated rings. The Labute approximate surface area is 212 Å². The zero-order valence-electron chi connectivity index (χ0n) is 18.7. The third-order valence-electron chi connectivity index (χ3n) is 5.28. The Bertz CT molecular complexity index is 1280. The number of para-hydroxylation sites is 2. The Kier molecular flexibility index (Phi) is 7.11. The largest absolute Gasteiger partial charge is 0.516 e.